The zero-order valence-corrected chi connectivity index (χ0v) is 15.3. The molecule has 2 heterocycles. The fourth-order valence-electron chi connectivity index (χ4n) is 2.47. The van der Waals surface area contributed by atoms with Crippen molar-refractivity contribution in [3.8, 4) is 11.3 Å². The van der Waals surface area contributed by atoms with Gasteiger partial charge in [0.1, 0.15) is 11.9 Å². The predicted molar refractivity (Wildman–Crippen MR) is 102 cm³/mol. The summed E-state index contributed by atoms with van der Waals surface area (Å²) in [6.07, 6.45) is 1.75. The van der Waals surface area contributed by atoms with Crippen LogP contribution in [0.15, 0.2) is 54.0 Å². The second-order valence-corrected chi connectivity index (χ2v) is 6.90. The number of aromatic amines is 1. The fraction of sp³-hybridized carbons (Fsp3) is 0.211. The van der Waals surface area contributed by atoms with Crippen molar-refractivity contribution in [2.24, 2.45) is 0 Å². The zero-order chi connectivity index (χ0) is 18.5. The molecule has 2 atom stereocenters. The highest BCUT2D eigenvalue weighted by Gasteiger charge is 2.20. The van der Waals surface area contributed by atoms with E-state index in [0.717, 1.165) is 11.3 Å². The van der Waals surface area contributed by atoms with Crippen LogP contribution in [-0.4, -0.2) is 27.8 Å². The first-order chi connectivity index (χ1) is 12.5. The standard InChI is InChI=1S/C19H20N4O2S/c1-12(17-20-11-15(23-17)14-7-4-3-5-8-14)21-18(24)13(2)22-19(25)16-9-6-10-26-16/h3-13H,1-2H3,(H,20,23)(H,21,24)(H,22,25). The number of hydrogen-bond acceptors (Lipinski definition) is 4. The van der Waals surface area contributed by atoms with Crippen LogP contribution in [0.4, 0.5) is 0 Å². The Hall–Kier alpha value is -2.93. The number of imidazole rings is 1. The molecule has 3 rings (SSSR count). The maximum absolute atomic E-state index is 12.3. The maximum Gasteiger partial charge on any atom is 0.261 e. The van der Waals surface area contributed by atoms with Gasteiger partial charge < -0.3 is 15.6 Å². The zero-order valence-electron chi connectivity index (χ0n) is 14.5. The van der Waals surface area contributed by atoms with Gasteiger partial charge in [0.2, 0.25) is 5.91 Å². The van der Waals surface area contributed by atoms with Crippen LogP contribution >= 0.6 is 11.3 Å². The molecule has 3 N–H and O–H groups in total. The lowest BCUT2D eigenvalue weighted by Gasteiger charge is -2.17. The normalized spacial score (nSPS) is 13.0. The monoisotopic (exact) mass is 368 g/mol. The van der Waals surface area contributed by atoms with Gasteiger partial charge in [-0.1, -0.05) is 36.4 Å². The predicted octanol–water partition coefficient (Wildman–Crippen LogP) is 3.13. The molecule has 134 valence electrons. The van der Waals surface area contributed by atoms with Crippen molar-refractivity contribution < 1.29 is 9.59 Å². The summed E-state index contributed by atoms with van der Waals surface area (Å²) < 4.78 is 0. The molecular weight excluding hydrogens is 348 g/mol. The van der Waals surface area contributed by atoms with Crippen molar-refractivity contribution in [2.75, 3.05) is 0 Å². The van der Waals surface area contributed by atoms with E-state index in [9.17, 15) is 9.59 Å². The van der Waals surface area contributed by atoms with E-state index in [0.29, 0.717) is 10.7 Å². The smallest absolute Gasteiger partial charge is 0.261 e. The Morgan fingerprint density at radius 1 is 1.08 bits per heavy atom. The third-order valence-corrected chi connectivity index (χ3v) is 4.80. The Balaban J connectivity index is 1.59. The number of thiophene rings is 1. The van der Waals surface area contributed by atoms with E-state index < -0.39 is 6.04 Å². The van der Waals surface area contributed by atoms with Crippen molar-refractivity contribution in [3.63, 3.8) is 0 Å². The number of nitrogens with zero attached hydrogens (tertiary/aromatic N) is 1. The molecule has 0 aliphatic heterocycles. The van der Waals surface area contributed by atoms with E-state index in [1.54, 1.807) is 25.3 Å². The van der Waals surface area contributed by atoms with E-state index in [2.05, 4.69) is 20.6 Å². The van der Waals surface area contributed by atoms with Gasteiger partial charge in [0.25, 0.3) is 5.91 Å². The largest absolute Gasteiger partial charge is 0.345 e. The first-order valence-corrected chi connectivity index (χ1v) is 9.17. The number of aromatic nitrogens is 2. The summed E-state index contributed by atoms with van der Waals surface area (Å²) in [5.41, 5.74) is 1.92. The molecule has 0 radical (unpaired) electrons. The maximum atomic E-state index is 12.3. The van der Waals surface area contributed by atoms with Gasteiger partial charge in [-0.2, -0.15) is 0 Å². The molecule has 3 aromatic rings. The number of H-pyrrole nitrogens is 1. The summed E-state index contributed by atoms with van der Waals surface area (Å²) in [5.74, 6) is 0.147. The van der Waals surface area contributed by atoms with Crippen LogP contribution in [0.5, 0.6) is 0 Å². The molecule has 0 aliphatic carbocycles. The number of benzene rings is 1. The average Bonchev–Trinajstić information content (AvgIpc) is 3.34. The molecule has 6 nitrogen and oxygen atoms in total. The lowest BCUT2D eigenvalue weighted by Crippen LogP contribution is -2.45. The summed E-state index contributed by atoms with van der Waals surface area (Å²) in [6, 6.07) is 12.4. The van der Waals surface area contributed by atoms with E-state index in [-0.39, 0.29) is 17.9 Å². The molecule has 26 heavy (non-hydrogen) atoms. The van der Waals surface area contributed by atoms with Gasteiger partial charge in [-0.05, 0) is 30.9 Å². The Labute approximate surface area is 155 Å². The lowest BCUT2D eigenvalue weighted by molar-refractivity contribution is -0.123. The highest BCUT2D eigenvalue weighted by molar-refractivity contribution is 7.12. The lowest BCUT2D eigenvalue weighted by atomic mass is 10.2. The first kappa shape index (κ1) is 17.9. The van der Waals surface area contributed by atoms with Gasteiger partial charge >= 0.3 is 0 Å². The topological polar surface area (TPSA) is 86.9 Å². The molecule has 0 spiro atoms. The van der Waals surface area contributed by atoms with Crippen molar-refractivity contribution >= 4 is 23.2 Å². The van der Waals surface area contributed by atoms with Crippen molar-refractivity contribution in [1.29, 1.82) is 0 Å². The minimum Gasteiger partial charge on any atom is -0.345 e. The van der Waals surface area contributed by atoms with Gasteiger partial charge in [0.15, 0.2) is 0 Å². The summed E-state index contributed by atoms with van der Waals surface area (Å²) in [4.78, 5) is 32.5. The number of carbonyl (C=O) groups is 2. The minimum atomic E-state index is -0.643. The summed E-state index contributed by atoms with van der Waals surface area (Å²) in [7, 11) is 0. The first-order valence-electron chi connectivity index (χ1n) is 8.29. The third kappa shape index (κ3) is 4.18. The van der Waals surface area contributed by atoms with Gasteiger partial charge in [-0.3, -0.25) is 9.59 Å². The van der Waals surface area contributed by atoms with E-state index in [1.165, 1.54) is 11.3 Å². The van der Waals surface area contributed by atoms with E-state index in [4.69, 9.17) is 0 Å². The molecule has 1 aromatic carbocycles. The minimum absolute atomic E-state index is 0.250. The van der Waals surface area contributed by atoms with Crippen LogP contribution in [0.25, 0.3) is 11.3 Å². The molecule has 2 unspecified atom stereocenters. The van der Waals surface area contributed by atoms with Crippen molar-refractivity contribution in [3.05, 3.63) is 64.7 Å². The van der Waals surface area contributed by atoms with Gasteiger partial charge in [0, 0.05) is 0 Å². The molecule has 7 heteroatoms. The summed E-state index contributed by atoms with van der Waals surface area (Å²) in [5, 5.41) is 7.39. The van der Waals surface area contributed by atoms with Crippen LogP contribution in [-0.2, 0) is 4.79 Å². The van der Waals surface area contributed by atoms with E-state index in [1.807, 2.05) is 42.6 Å². The van der Waals surface area contributed by atoms with Crippen molar-refractivity contribution in [1.82, 2.24) is 20.6 Å². The SMILES string of the molecule is CC(NC(=O)c1cccs1)C(=O)NC(C)c1ncc(-c2ccccc2)[nH]1. The molecule has 0 saturated carbocycles. The second kappa shape index (κ2) is 7.97. The summed E-state index contributed by atoms with van der Waals surface area (Å²) >= 11 is 1.34. The molecule has 2 aromatic heterocycles. The third-order valence-electron chi connectivity index (χ3n) is 3.94. The van der Waals surface area contributed by atoms with Crippen LogP contribution in [0.2, 0.25) is 0 Å². The molecule has 0 fully saturated rings. The Morgan fingerprint density at radius 3 is 2.54 bits per heavy atom. The van der Waals surface area contributed by atoms with Gasteiger partial charge in [0.05, 0.1) is 22.8 Å². The molecule has 0 aliphatic rings. The van der Waals surface area contributed by atoms with Gasteiger partial charge in [-0.15, -0.1) is 11.3 Å². The molecule has 2 amide bonds. The second-order valence-electron chi connectivity index (χ2n) is 5.95. The number of nitrogens with one attached hydrogen (secondary N) is 3. The van der Waals surface area contributed by atoms with Gasteiger partial charge in [-0.25, -0.2) is 4.98 Å². The number of carbonyl (C=O) groups excluding carboxylic acids is 2. The van der Waals surface area contributed by atoms with Crippen molar-refractivity contribution in [2.45, 2.75) is 25.9 Å². The van der Waals surface area contributed by atoms with Crippen LogP contribution in [0, 0.1) is 0 Å². The highest BCUT2D eigenvalue weighted by atomic mass is 32.1. The number of rotatable bonds is 6. The fourth-order valence-corrected chi connectivity index (χ4v) is 3.10. The quantitative estimate of drug-likeness (QED) is 0.625. The molecular formula is C19H20N4O2S. The van der Waals surface area contributed by atoms with Crippen LogP contribution in [0.3, 0.4) is 0 Å². The molecule has 0 bridgehead atoms. The average molecular weight is 368 g/mol. The van der Waals surface area contributed by atoms with Crippen LogP contribution < -0.4 is 10.6 Å². The molecule has 0 saturated heterocycles. The van der Waals surface area contributed by atoms with Crippen LogP contribution in [0.1, 0.15) is 35.4 Å². The summed E-state index contributed by atoms with van der Waals surface area (Å²) in [6.45, 7) is 3.50. The Kier molecular flexibility index (Phi) is 5.48. The van der Waals surface area contributed by atoms with E-state index >= 15 is 0 Å². The highest BCUT2D eigenvalue weighted by Crippen LogP contribution is 2.18. The number of hydrogen-bond donors (Lipinski definition) is 3. The Morgan fingerprint density at radius 2 is 1.85 bits per heavy atom. The Bertz CT molecular complexity index is 874. The number of amides is 2.